The van der Waals surface area contributed by atoms with Crippen molar-refractivity contribution in [3.05, 3.63) is 242 Å². The average molecular weight is 1850 g/mol. The molecule has 0 saturated carbocycles. The number of amides is 8. The number of thiazole rings is 2. The van der Waals surface area contributed by atoms with E-state index in [0.29, 0.717) is 187 Å². The topological polar surface area (TPSA) is 528 Å². The molecule has 0 bridgehead atoms. The molecule has 4 aliphatic rings. The van der Waals surface area contributed by atoms with Crippen molar-refractivity contribution in [3.63, 3.8) is 0 Å². The molecule has 4 aromatic carbocycles. The Morgan fingerprint density at radius 3 is 0.890 bits per heavy atom. The fraction of sp³-hybridized carbons (Fsp3) is 0.191. The van der Waals surface area contributed by atoms with Crippen LogP contribution in [0.3, 0.4) is 0 Å². The summed E-state index contributed by atoms with van der Waals surface area (Å²) < 4.78 is 7.28. The standard InChI is InChI=1S/C25H22N8O2.C24H22N8O2.C23H20N8O2S.C22H20N8O2S/c1-2-5-20(34)32-13-11-18(14-32)33-24-21(23(26)28-15-29-24)22(31-33)16-7-9-17(10-8-16)25(35)30-19-6-3-4-12-27-19;1-2-19(33)31-12-10-17(13-31)32-23-20(22(25)27-14-28-23)21(30-32)15-6-8-16(9-7-15)24(34)29-18-5-3-4-11-26-18;1-2-3-17(32)30-10-8-16(12-30)31-21-18(20(24)26-13-27-21)19(29-31)14-4-6-15(7-5-14)22(33)28-23-25-9-11-34-23;1-2-16(31)29-9-7-15(11-29)30-20-17(19(23)25-12-26-20)18(28-30)13-3-5-14(6-4-13)21(32)27-22-24-8-10-33-22/h3-4,6-10,12,15,18H,11,13-14H2,1H3,(H2,26,28,29)(H,27,30,35);2-9,11,14,17H,1,10,12-13H2,(H2,25,27,28)(H,26,29,34);4-7,9,11,13,16H,8,10,12H2,1H3,(H2,24,26,27)(H,25,28,33);2-6,8,10,12,15H,1,7,9,11H2,(H2,23,25,26)(H,24,27,32). The van der Waals surface area contributed by atoms with Crippen LogP contribution >= 0.6 is 22.7 Å². The van der Waals surface area contributed by atoms with Gasteiger partial charge in [-0.25, -0.2) is 78.5 Å². The number of benzene rings is 4. The van der Waals surface area contributed by atoms with E-state index in [9.17, 15) is 38.4 Å². The van der Waals surface area contributed by atoms with Gasteiger partial charge in [0.25, 0.3) is 35.4 Å². The van der Waals surface area contributed by atoms with Crippen molar-refractivity contribution in [1.82, 2.24) is 119 Å². The Bertz CT molecular complexity index is 7380. The summed E-state index contributed by atoms with van der Waals surface area (Å²) in [6.07, 6.45) is 17.7. The van der Waals surface area contributed by atoms with Gasteiger partial charge in [-0.2, -0.15) is 20.4 Å². The molecule has 4 fully saturated rings. The largest absolute Gasteiger partial charge is 0.383 e. The fourth-order valence-electron chi connectivity index (χ4n) is 16.3. The molecule has 0 aliphatic carbocycles. The van der Waals surface area contributed by atoms with Crippen LogP contribution in [0.1, 0.15) is 105 Å². The Morgan fingerprint density at radius 2 is 0.632 bits per heavy atom. The highest BCUT2D eigenvalue weighted by atomic mass is 32.1. The van der Waals surface area contributed by atoms with Crippen molar-refractivity contribution in [2.75, 3.05) is 96.6 Å². The van der Waals surface area contributed by atoms with E-state index < -0.39 is 0 Å². The Kier molecular flexibility index (Phi) is 26.7. The summed E-state index contributed by atoms with van der Waals surface area (Å²) in [5, 5.41) is 37.6. The zero-order valence-corrected chi connectivity index (χ0v) is 74.6. The molecule has 12 N–H and O–H groups in total. The summed E-state index contributed by atoms with van der Waals surface area (Å²) in [7, 11) is 0. The van der Waals surface area contributed by atoms with Crippen molar-refractivity contribution in [2.45, 2.75) is 63.7 Å². The number of anilines is 8. The van der Waals surface area contributed by atoms with Crippen LogP contribution in [-0.2, 0) is 19.2 Å². The van der Waals surface area contributed by atoms with Crippen LogP contribution in [0.2, 0.25) is 0 Å². The van der Waals surface area contributed by atoms with Crippen LogP contribution in [0, 0.1) is 23.7 Å². The highest BCUT2D eigenvalue weighted by Crippen LogP contribution is 2.40. The molecule has 0 radical (unpaired) electrons. The monoisotopic (exact) mass is 1850 g/mol. The van der Waals surface area contributed by atoms with Gasteiger partial charge in [-0.1, -0.05) is 85.7 Å². The molecule has 680 valence electrons. The molecule has 4 aliphatic heterocycles. The first kappa shape index (κ1) is 90.2. The van der Waals surface area contributed by atoms with E-state index >= 15 is 0 Å². The van der Waals surface area contributed by atoms with Crippen LogP contribution in [-0.4, -0.2) is 218 Å². The summed E-state index contributed by atoms with van der Waals surface area (Å²) in [6, 6.07) is 38.7. The van der Waals surface area contributed by atoms with Crippen LogP contribution in [0.25, 0.3) is 89.2 Å². The molecule has 20 rings (SSSR count). The molecule has 12 aromatic heterocycles. The summed E-state index contributed by atoms with van der Waals surface area (Å²) in [5.41, 5.74) is 34.8. The maximum absolute atomic E-state index is 12.6. The number of fused-ring (bicyclic) bond motifs is 4. The first-order valence-corrected chi connectivity index (χ1v) is 44.4. The van der Waals surface area contributed by atoms with Crippen LogP contribution < -0.4 is 44.2 Å². The summed E-state index contributed by atoms with van der Waals surface area (Å²) in [5.74, 6) is 11.1. The van der Waals surface area contributed by atoms with Gasteiger partial charge < -0.3 is 53.2 Å². The molecule has 8 amide bonds. The van der Waals surface area contributed by atoms with Gasteiger partial charge in [-0.05, 0) is 136 Å². The van der Waals surface area contributed by atoms with Crippen molar-refractivity contribution in [1.29, 1.82) is 0 Å². The quantitative estimate of drug-likeness (QED) is 0.0292. The zero-order valence-electron chi connectivity index (χ0n) is 73.0. The maximum atomic E-state index is 12.6. The van der Waals surface area contributed by atoms with Gasteiger partial charge in [0.2, 0.25) is 11.8 Å². The van der Waals surface area contributed by atoms with Gasteiger partial charge in [0.05, 0.1) is 45.7 Å². The minimum absolute atomic E-state index is 0.0391. The molecule has 4 atom stereocenters. The molecule has 136 heavy (non-hydrogen) atoms. The van der Waals surface area contributed by atoms with Gasteiger partial charge in [0.15, 0.2) is 32.9 Å². The van der Waals surface area contributed by atoms with Crippen molar-refractivity contribution in [3.8, 4) is 68.7 Å². The number of nitrogens with two attached hydrogens (primary N) is 4. The predicted octanol–water partition coefficient (Wildman–Crippen LogP) is 10.5. The predicted molar refractivity (Wildman–Crippen MR) is 513 cm³/mol. The Balaban J connectivity index is 0.000000126. The number of nitrogens with one attached hydrogen (secondary N) is 4. The zero-order chi connectivity index (χ0) is 94.6. The second-order valence-corrected chi connectivity index (χ2v) is 33.0. The molecule has 40 nitrogen and oxygen atoms in total. The summed E-state index contributed by atoms with van der Waals surface area (Å²) in [4.78, 5) is 156. The number of nitrogens with zero attached hydrogens (tertiary/aromatic N) is 24. The fourth-order valence-corrected chi connectivity index (χ4v) is 17.3. The number of carbonyl (C=O) groups is 8. The molecular weight excluding hydrogens is 1770 g/mol. The van der Waals surface area contributed by atoms with Crippen molar-refractivity contribution in [2.24, 2.45) is 0 Å². The number of nitrogen functional groups attached to an aromatic ring is 4. The normalized spacial score (nSPS) is 15.3. The molecule has 16 heterocycles. The van der Waals surface area contributed by atoms with E-state index in [4.69, 9.17) is 43.3 Å². The highest BCUT2D eigenvalue weighted by molar-refractivity contribution is 7.14. The number of rotatable bonds is 18. The lowest BCUT2D eigenvalue weighted by Gasteiger charge is -2.14. The number of carbonyl (C=O) groups excluding carboxylic acids is 8. The highest BCUT2D eigenvalue weighted by Gasteiger charge is 2.36. The Hall–Kier alpha value is -17.8. The van der Waals surface area contributed by atoms with E-state index in [1.165, 1.54) is 60.1 Å². The van der Waals surface area contributed by atoms with E-state index in [1.807, 2.05) is 67.3 Å². The molecule has 42 heteroatoms. The third-order valence-corrected chi connectivity index (χ3v) is 24.3. The third-order valence-electron chi connectivity index (χ3n) is 22.9. The van der Waals surface area contributed by atoms with E-state index in [2.05, 4.69) is 118 Å². The second kappa shape index (κ2) is 40.3. The molecule has 0 spiro atoms. The molecule has 16 aromatic rings. The van der Waals surface area contributed by atoms with Gasteiger partial charge >= 0.3 is 0 Å². The number of pyridine rings is 2. The van der Waals surface area contributed by atoms with Crippen molar-refractivity contribution >= 4 is 159 Å². The Labute approximate surface area is 782 Å². The van der Waals surface area contributed by atoms with Gasteiger partial charge in [0.1, 0.15) is 83.0 Å². The minimum atomic E-state index is -0.264. The number of hydrogen-bond donors (Lipinski definition) is 8. The lowest BCUT2D eigenvalue weighted by atomic mass is 10.1. The van der Waals surface area contributed by atoms with Gasteiger partial charge in [0, 0.05) is 132 Å². The van der Waals surface area contributed by atoms with Gasteiger partial charge in [-0.3, -0.25) is 49.0 Å². The first-order valence-electron chi connectivity index (χ1n) is 42.7. The van der Waals surface area contributed by atoms with Crippen molar-refractivity contribution < 1.29 is 38.4 Å². The molecular formula is C94H84N32O8S2. The molecule has 4 saturated heterocycles. The lowest BCUT2D eigenvalue weighted by Crippen LogP contribution is -2.28. The third kappa shape index (κ3) is 19.4. The summed E-state index contributed by atoms with van der Waals surface area (Å²) >= 11 is 2.71. The number of aromatic nitrogens is 20. The van der Waals surface area contributed by atoms with E-state index in [-0.39, 0.29) is 71.4 Å². The summed E-state index contributed by atoms with van der Waals surface area (Å²) in [6.45, 7) is 14.9. The van der Waals surface area contributed by atoms with Crippen LogP contribution in [0.4, 0.5) is 45.2 Å². The lowest BCUT2D eigenvalue weighted by molar-refractivity contribution is -0.125. The Morgan fingerprint density at radius 1 is 0.353 bits per heavy atom. The van der Waals surface area contributed by atoms with Crippen LogP contribution in [0.5, 0.6) is 0 Å². The number of hydrogen-bond acceptors (Lipinski definition) is 30. The second-order valence-electron chi connectivity index (χ2n) is 31.2. The molecule has 4 unspecified atom stereocenters. The van der Waals surface area contributed by atoms with E-state index in [0.717, 1.165) is 47.9 Å². The minimum Gasteiger partial charge on any atom is -0.383 e. The van der Waals surface area contributed by atoms with Crippen LogP contribution in [0.15, 0.2) is 220 Å². The SMILES string of the molecule is C=CC(=O)N1CCC(n2nc(-c3ccc(C(=O)Nc4ccccn4)cc3)c3c(N)ncnc32)C1.C=CC(=O)N1CCC(n2nc(-c3ccc(C(=O)Nc4nccs4)cc3)c3c(N)ncnc32)C1.CC#CC(=O)N1CCC(n2nc(-c3ccc(C(=O)Nc4ccccn4)cc3)c3c(N)ncnc32)C1.CC#CC(=O)N1CCC(n2nc(-c3ccc(C(=O)Nc4nccs4)cc3)c3c(N)ncnc32)C1. The average Bonchev–Trinajstić information content (AvgIpc) is 1.62. The smallest absolute Gasteiger partial charge is 0.298 e. The maximum Gasteiger partial charge on any atom is 0.298 e. The number of likely N-dealkylation sites (tertiary alicyclic amines) is 4. The van der Waals surface area contributed by atoms with E-state index in [1.54, 1.807) is 154 Å². The first-order chi connectivity index (χ1) is 66.2. The van der Waals surface area contributed by atoms with Gasteiger partial charge in [-0.15, -0.1) is 22.7 Å².